The zero-order valence-corrected chi connectivity index (χ0v) is 9.23. The number of alkyl halides is 3. The smallest absolute Gasteiger partial charge is 0.370 e. The summed E-state index contributed by atoms with van der Waals surface area (Å²) in [6.07, 6.45) is -6.55. The standard InChI is InChI=1S/C10H17F3O2/c1-4-15-9(7(2)3)8(14)5-6-10(11,12)13/h7,9H,4-6H2,1-3H3. The van der Waals surface area contributed by atoms with Crippen LogP contribution in [-0.4, -0.2) is 24.7 Å². The summed E-state index contributed by atoms with van der Waals surface area (Å²) in [6, 6.07) is 0. The second kappa shape index (κ2) is 6.10. The van der Waals surface area contributed by atoms with E-state index in [-0.39, 0.29) is 5.92 Å². The van der Waals surface area contributed by atoms with Crippen molar-refractivity contribution in [2.24, 2.45) is 5.92 Å². The molecule has 0 amide bonds. The average molecular weight is 226 g/mol. The summed E-state index contributed by atoms with van der Waals surface area (Å²) in [4.78, 5) is 11.4. The van der Waals surface area contributed by atoms with Crippen molar-refractivity contribution in [2.45, 2.75) is 45.9 Å². The summed E-state index contributed by atoms with van der Waals surface area (Å²) >= 11 is 0. The molecule has 0 aliphatic carbocycles. The molecule has 0 heterocycles. The van der Waals surface area contributed by atoms with Gasteiger partial charge in [0, 0.05) is 13.0 Å². The SMILES string of the molecule is CCOC(C(=O)CCC(F)(F)F)C(C)C. The number of ketones is 1. The number of Topliss-reactive ketones (excluding diaryl/α,β-unsaturated/α-hetero) is 1. The minimum Gasteiger partial charge on any atom is -0.370 e. The Labute approximate surface area is 87.8 Å². The molecular weight excluding hydrogens is 209 g/mol. The van der Waals surface area contributed by atoms with Gasteiger partial charge in [-0.05, 0) is 12.8 Å². The van der Waals surface area contributed by atoms with Crippen LogP contribution in [0.3, 0.4) is 0 Å². The molecule has 0 aliphatic rings. The van der Waals surface area contributed by atoms with E-state index in [9.17, 15) is 18.0 Å². The molecule has 0 rings (SSSR count). The van der Waals surface area contributed by atoms with Gasteiger partial charge in [0.2, 0.25) is 0 Å². The molecule has 0 aliphatic heterocycles. The Kier molecular flexibility index (Phi) is 5.87. The average Bonchev–Trinajstić information content (AvgIpc) is 2.08. The minimum atomic E-state index is -4.27. The molecular formula is C10H17F3O2. The molecule has 0 radical (unpaired) electrons. The summed E-state index contributed by atoms with van der Waals surface area (Å²) in [7, 11) is 0. The maximum Gasteiger partial charge on any atom is 0.389 e. The van der Waals surface area contributed by atoms with Gasteiger partial charge in [0.25, 0.3) is 0 Å². The molecule has 0 fully saturated rings. The third-order valence-electron chi connectivity index (χ3n) is 1.92. The van der Waals surface area contributed by atoms with E-state index in [4.69, 9.17) is 4.74 Å². The van der Waals surface area contributed by atoms with Gasteiger partial charge in [0.05, 0.1) is 6.42 Å². The summed E-state index contributed by atoms with van der Waals surface area (Å²) in [6.45, 7) is 5.56. The van der Waals surface area contributed by atoms with Gasteiger partial charge in [-0.25, -0.2) is 0 Å². The van der Waals surface area contributed by atoms with Crippen molar-refractivity contribution in [3.63, 3.8) is 0 Å². The van der Waals surface area contributed by atoms with Crippen molar-refractivity contribution in [3.8, 4) is 0 Å². The molecule has 0 saturated heterocycles. The Morgan fingerprint density at radius 2 is 1.87 bits per heavy atom. The van der Waals surface area contributed by atoms with Crippen molar-refractivity contribution in [2.75, 3.05) is 6.61 Å². The lowest BCUT2D eigenvalue weighted by Crippen LogP contribution is -2.30. The van der Waals surface area contributed by atoms with Crippen LogP contribution in [-0.2, 0) is 9.53 Å². The number of halogens is 3. The van der Waals surface area contributed by atoms with E-state index in [0.29, 0.717) is 6.61 Å². The topological polar surface area (TPSA) is 26.3 Å². The van der Waals surface area contributed by atoms with Gasteiger partial charge in [-0.2, -0.15) is 13.2 Å². The van der Waals surface area contributed by atoms with E-state index in [0.717, 1.165) is 0 Å². The van der Waals surface area contributed by atoms with Crippen molar-refractivity contribution in [1.29, 1.82) is 0 Å². The Morgan fingerprint density at radius 1 is 1.33 bits per heavy atom. The van der Waals surface area contributed by atoms with Gasteiger partial charge >= 0.3 is 6.18 Å². The molecule has 0 aromatic heterocycles. The number of carbonyl (C=O) groups excluding carboxylic acids is 1. The highest BCUT2D eigenvalue weighted by atomic mass is 19.4. The molecule has 0 bridgehead atoms. The Bertz CT molecular complexity index is 199. The largest absolute Gasteiger partial charge is 0.389 e. The quantitative estimate of drug-likeness (QED) is 0.696. The summed E-state index contributed by atoms with van der Waals surface area (Å²) in [5.74, 6) is -0.560. The summed E-state index contributed by atoms with van der Waals surface area (Å²) in [5, 5.41) is 0. The van der Waals surface area contributed by atoms with Crippen LogP contribution in [0.4, 0.5) is 13.2 Å². The molecule has 0 N–H and O–H groups in total. The van der Waals surface area contributed by atoms with Crippen LogP contribution >= 0.6 is 0 Å². The normalized spacial score (nSPS) is 14.3. The third kappa shape index (κ3) is 6.49. The first-order chi connectivity index (χ1) is 6.78. The number of hydrogen-bond donors (Lipinski definition) is 0. The highest BCUT2D eigenvalue weighted by Crippen LogP contribution is 2.23. The second-order valence-corrected chi connectivity index (χ2v) is 3.70. The molecule has 0 saturated carbocycles. The van der Waals surface area contributed by atoms with Crippen LogP contribution in [0.1, 0.15) is 33.6 Å². The second-order valence-electron chi connectivity index (χ2n) is 3.70. The van der Waals surface area contributed by atoms with Crippen molar-refractivity contribution < 1.29 is 22.7 Å². The van der Waals surface area contributed by atoms with Gasteiger partial charge in [-0.1, -0.05) is 13.8 Å². The Balaban J connectivity index is 4.15. The van der Waals surface area contributed by atoms with Gasteiger partial charge in [0.15, 0.2) is 5.78 Å². The van der Waals surface area contributed by atoms with E-state index in [1.165, 1.54) is 0 Å². The number of carbonyl (C=O) groups is 1. The number of hydrogen-bond acceptors (Lipinski definition) is 2. The first-order valence-corrected chi connectivity index (χ1v) is 4.99. The van der Waals surface area contributed by atoms with Crippen molar-refractivity contribution in [3.05, 3.63) is 0 Å². The van der Waals surface area contributed by atoms with Crippen LogP contribution in [0.2, 0.25) is 0 Å². The predicted molar refractivity (Wildman–Crippen MR) is 50.5 cm³/mol. The molecule has 5 heteroatoms. The van der Waals surface area contributed by atoms with Gasteiger partial charge in [0.1, 0.15) is 6.10 Å². The lowest BCUT2D eigenvalue weighted by molar-refractivity contribution is -0.149. The molecule has 0 spiro atoms. The number of rotatable bonds is 6. The monoisotopic (exact) mass is 226 g/mol. The zero-order valence-electron chi connectivity index (χ0n) is 9.23. The van der Waals surface area contributed by atoms with Gasteiger partial charge < -0.3 is 4.74 Å². The predicted octanol–water partition coefficient (Wildman–Crippen LogP) is 2.96. The van der Waals surface area contributed by atoms with Crippen LogP contribution in [0.25, 0.3) is 0 Å². The molecule has 2 nitrogen and oxygen atoms in total. The van der Waals surface area contributed by atoms with Crippen LogP contribution < -0.4 is 0 Å². The highest BCUT2D eigenvalue weighted by Gasteiger charge is 2.30. The molecule has 15 heavy (non-hydrogen) atoms. The fraction of sp³-hybridized carbons (Fsp3) is 0.900. The van der Waals surface area contributed by atoms with E-state index in [2.05, 4.69) is 0 Å². The fourth-order valence-corrected chi connectivity index (χ4v) is 1.24. The molecule has 1 atom stereocenters. The first-order valence-electron chi connectivity index (χ1n) is 4.99. The Morgan fingerprint density at radius 3 is 2.20 bits per heavy atom. The summed E-state index contributed by atoms with van der Waals surface area (Å²) in [5.41, 5.74) is 0. The Hall–Kier alpha value is -0.580. The van der Waals surface area contributed by atoms with E-state index >= 15 is 0 Å². The van der Waals surface area contributed by atoms with E-state index in [1.807, 2.05) is 0 Å². The van der Waals surface area contributed by atoms with Crippen LogP contribution in [0, 0.1) is 5.92 Å². The van der Waals surface area contributed by atoms with Crippen LogP contribution in [0.15, 0.2) is 0 Å². The zero-order chi connectivity index (χ0) is 12.1. The van der Waals surface area contributed by atoms with Crippen LogP contribution in [0.5, 0.6) is 0 Å². The van der Waals surface area contributed by atoms with Crippen molar-refractivity contribution in [1.82, 2.24) is 0 Å². The first kappa shape index (κ1) is 14.4. The highest BCUT2D eigenvalue weighted by molar-refractivity contribution is 5.83. The number of ether oxygens (including phenoxy) is 1. The van der Waals surface area contributed by atoms with E-state index in [1.54, 1.807) is 20.8 Å². The van der Waals surface area contributed by atoms with Gasteiger partial charge in [-0.15, -0.1) is 0 Å². The minimum absolute atomic E-state index is 0.0920. The molecule has 0 aromatic rings. The third-order valence-corrected chi connectivity index (χ3v) is 1.92. The fourth-order valence-electron chi connectivity index (χ4n) is 1.24. The molecule has 90 valence electrons. The van der Waals surface area contributed by atoms with Gasteiger partial charge in [-0.3, -0.25) is 4.79 Å². The van der Waals surface area contributed by atoms with E-state index < -0.39 is 30.9 Å². The maximum atomic E-state index is 11.9. The lowest BCUT2D eigenvalue weighted by atomic mass is 10.00. The van der Waals surface area contributed by atoms with Crippen molar-refractivity contribution >= 4 is 5.78 Å². The summed E-state index contributed by atoms with van der Waals surface area (Å²) < 4.78 is 40.7. The lowest BCUT2D eigenvalue weighted by Gasteiger charge is -2.19. The molecule has 0 aromatic carbocycles. The maximum absolute atomic E-state index is 11.9. The molecule has 1 unspecified atom stereocenters.